The van der Waals surface area contributed by atoms with Gasteiger partial charge in [0.2, 0.25) is 21.8 Å². The fourth-order valence-electron chi connectivity index (χ4n) is 4.59. The highest BCUT2D eigenvalue weighted by molar-refractivity contribution is 7.92. The third kappa shape index (κ3) is 10.1. The van der Waals surface area contributed by atoms with Gasteiger partial charge in [-0.1, -0.05) is 56.3 Å². The van der Waals surface area contributed by atoms with Gasteiger partial charge in [-0.2, -0.15) is 0 Å². The van der Waals surface area contributed by atoms with Gasteiger partial charge in [-0.05, 0) is 47.7 Å². The lowest BCUT2D eigenvalue weighted by atomic mass is 10.0. The monoisotopic (exact) mass is 615 g/mol. The predicted octanol–water partition coefficient (Wildman–Crippen LogP) is 4.93. The van der Waals surface area contributed by atoms with Gasteiger partial charge >= 0.3 is 0 Å². The number of sulfonamides is 1. The molecule has 1 unspecified atom stereocenters. The first-order valence-electron chi connectivity index (χ1n) is 14.1. The van der Waals surface area contributed by atoms with Gasteiger partial charge < -0.3 is 15.0 Å². The van der Waals surface area contributed by atoms with Gasteiger partial charge in [0.25, 0.3) is 0 Å². The first-order valence-corrected chi connectivity index (χ1v) is 15.9. The summed E-state index contributed by atoms with van der Waals surface area (Å²) in [6.45, 7) is 4.36. The van der Waals surface area contributed by atoms with Crippen LogP contribution >= 0.6 is 0 Å². The largest absolute Gasteiger partial charge is 0.497 e. The molecule has 2 amide bonds. The van der Waals surface area contributed by atoms with E-state index in [1.165, 1.54) is 11.0 Å². The van der Waals surface area contributed by atoms with E-state index >= 15 is 0 Å². The van der Waals surface area contributed by atoms with Gasteiger partial charge in [-0.3, -0.25) is 13.9 Å². The molecule has 3 aromatic carbocycles. The Morgan fingerprint density at radius 1 is 0.930 bits per heavy atom. The van der Waals surface area contributed by atoms with Crippen molar-refractivity contribution in [3.05, 3.63) is 95.6 Å². The Morgan fingerprint density at radius 3 is 2.26 bits per heavy atom. The molecule has 0 saturated carbocycles. The van der Waals surface area contributed by atoms with E-state index in [0.29, 0.717) is 12.3 Å². The molecule has 8 nitrogen and oxygen atoms in total. The Kier molecular flexibility index (Phi) is 12.1. The smallest absolute Gasteiger partial charge is 0.243 e. The van der Waals surface area contributed by atoms with Crippen molar-refractivity contribution in [2.24, 2.45) is 5.92 Å². The van der Waals surface area contributed by atoms with Crippen LogP contribution in [0.25, 0.3) is 0 Å². The van der Waals surface area contributed by atoms with Crippen LogP contribution in [0.2, 0.25) is 0 Å². The Morgan fingerprint density at radius 2 is 1.63 bits per heavy atom. The molecular weight excluding hydrogens is 576 g/mol. The highest BCUT2D eigenvalue weighted by atomic mass is 32.2. The summed E-state index contributed by atoms with van der Waals surface area (Å²) in [7, 11) is -2.32. The first-order chi connectivity index (χ1) is 20.4. The average molecular weight is 616 g/mol. The van der Waals surface area contributed by atoms with E-state index in [0.717, 1.165) is 33.8 Å². The summed E-state index contributed by atoms with van der Waals surface area (Å²) < 4.78 is 58.7. The zero-order valence-electron chi connectivity index (χ0n) is 24.9. The van der Waals surface area contributed by atoms with Crippen molar-refractivity contribution < 1.29 is 31.5 Å². The molecular formula is C32H39F2N3O5S. The number of halogens is 2. The lowest BCUT2D eigenvalue weighted by molar-refractivity contribution is -0.141. The van der Waals surface area contributed by atoms with Crippen LogP contribution in [-0.4, -0.2) is 57.6 Å². The number of amides is 2. The van der Waals surface area contributed by atoms with E-state index in [2.05, 4.69) is 5.32 Å². The van der Waals surface area contributed by atoms with Crippen LogP contribution in [0.15, 0.2) is 72.8 Å². The van der Waals surface area contributed by atoms with Crippen molar-refractivity contribution in [3.8, 4) is 5.75 Å². The van der Waals surface area contributed by atoms with E-state index in [4.69, 9.17) is 4.74 Å². The second kappa shape index (κ2) is 15.5. The third-order valence-electron chi connectivity index (χ3n) is 6.79. The van der Waals surface area contributed by atoms with Crippen LogP contribution in [0, 0.1) is 17.6 Å². The molecule has 232 valence electrons. The summed E-state index contributed by atoms with van der Waals surface area (Å²) in [4.78, 5) is 29.0. The zero-order chi connectivity index (χ0) is 31.6. The van der Waals surface area contributed by atoms with Gasteiger partial charge in [0.05, 0.1) is 19.1 Å². The van der Waals surface area contributed by atoms with Crippen LogP contribution in [-0.2, 0) is 32.6 Å². The minimum Gasteiger partial charge on any atom is -0.497 e. The maximum absolute atomic E-state index is 13.9. The van der Waals surface area contributed by atoms with E-state index in [1.807, 2.05) is 50.2 Å². The molecule has 1 atom stereocenters. The molecule has 0 saturated heterocycles. The van der Waals surface area contributed by atoms with Crippen molar-refractivity contribution in [3.63, 3.8) is 0 Å². The van der Waals surface area contributed by atoms with Crippen LogP contribution in [0.3, 0.4) is 0 Å². The SMILES string of the molecule is COc1cccc(CN(C(=O)CCCN(c2ccc(F)c(F)c2)S(C)(=O)=O)C(Cc2ccccc2)C(=O)NCC(C)C)c1. The number of anilines is 1. The average Bonchev–Trinajstić information content (AvgIpc) is 2.97. The maximum Gasteiger partial charge on any atom is 0.243 e. The van der Waals surface area contributed by atoms with E-state index in [1.54, 1.807) is 25.3 Å². The van der Waals surface area contributed by atoms with Crippen molar-refractivity contribution >= 4 is 27.5 Å². The number of hydrogen-bond acceptors (Lipinski definition) is 5. The zero-order valence-corrected chi connectivity index (χ0v) is 25.7. The first kappa shape index (κ1) is 33.5. The van der Waals surface area contributed by atoms with Crippen molar-refractivity contribution in [2.45, 2.75) is 45.7 Å². The number of carbonyl (C=O) groups is 2. The minimum atomic E-state index is -3.87. The lowest BCUT2D eigenvalue weighted by Crippen LogP contribution is -2.51. The maximum atomic E-state index is 13.9. The molecule has 0 spiro atoms. The quantitative estimate of drug-likeness (QED) is 0.262. The summed E-state index contributed by atoms with van der Waals surface area (Å²) in [5.41, 5.74) is 1.58. The van der Waals surface area contributed by atoms with Crippen LogP contribution < -0.4 is 14.4 Å². The standard InChI is InChI=1S/C32H39F2N3O5S/c1-23(2)21-35-32(39)30(19-24-10-6-5-7-11-24)36(22-25-12-8-13-27(18-25)42-3)31(38)14-9-17-37(43(4,40)41)26-15-16-28(33)29(34)20-26/h5-8,10-13,15-16,18,20,23,30H,9,14,17,19,21-22H2,1-4H3,(H,35,39). The molecule has 0 aliphatic rings. The summed E-state index contributed by atoms with van der Waals surface area (Å²) >= 11 is 0. The minimum absolute atomic E-state index is 0.0443. The molecule has 0 bridgehead atoms. The lowest BCUT2D eigenvalue weighted by Gasteiger charge is -2.32. The Bertz CT molecular complexity index is 1490. The van der Waals surface area contributed by atoms with Crippen molar-refractivity contribution in [2.75, 3.05) is 30.8 Å². The third-order valence-corrected chi connectivity index (χ3v) is 7.98. The molecule has 0 radical (unpaired) electrons. The van der Waals surface area contributed by atoms with Gasteiger partial charge in [0.1, 0.15) is 11.8 Å². The van der Waals surface area contributed by atoms with Crippen LogP contribution in [0.4, 0.5) is 14.5 Å². The highest BCUT2D eigenvalue weighted by Gasteiger charge is 2.31. The second-order valence-electron chi connectivity index (χ2n) is 10.8. The van der Waals surface area contributed by atoms with E-state index in [9.17, 15) is 26.8 Å². The molecule has 3 aromatic rings. The Balaban J connectivity index is 1.90. The number of ether oxygens (including phenoxy) is 1. The number of methoxy groups -OCH3 is 1. The topological polar surface area (TPSA) is 96.0 Å². The fourth-order valence-corrected chi connectivity index (χ4v) is 5.55. The van der Waals surface area contributed by atoms with Gasteiger partial charge in [-0.25, -0.2) is 17.2 Å². The predicted molar refractivity (Wildman–Crippen MR) is 163 cm³/mol. The molecule has 0 aliphatic carbocycles. The number of carbonyl (C=O) groups excluding carboxylic acids is 2. The molecule has 0 heterocycles. The van der Waals surface area contributed by atoms with Crippen LogP contribution in [0.5, 0.6) is 5.75 Å². The summed E-state index contributed by atoms with van der Waals surface area (Å²) in [5, 5.41) is 2.96. The Labute approximate surface area is 252 Å². The molecule has 0 fully saturated rings. The number of rotatable bonds is 15. The molecule has 43 heavy (non-hydrogen) atoms. The van der Waals surface area contributed by atoms with Gasteiger partial charge in [-0.15, -0.1) is 0 Å². The molecule has 11 heteroatoms. The van der Waals surface area contributed by atoms with E-state index < -0.39 is 27.7 Å². The molecule has 0 aromatic heterocycles. The van der Waals surface area contributed by atoms with Gasteiger partial charge in [0.15, 0.2) is 11.6 Å². The number of benzene rings is 3. The number of hydrogen-bond donors (Lipinski definition) is 1. The summed E-state index contributed by atoms with van der Waals surface area (Å²) in [6, 6.07) is 18.6. The fraction of sp³-hybridized carbons (Fsp3) is 0.375. The van der Waals surface area contributed by atoms with Gasteiger partial charge in [0, 0.05) is 38.5 Å². The Hall–Kier alpha value is -3.99. The van der Waals surface area contributed by atoms with Crippen LogP contribution in [0.1, 0.15) is 37.8 Å². The highest BCUT2D eigenvalue weighted by Crippen LogP contribution is 2.23. The number of nitrogens with one attached hydrogen (secondary N) is 1. The number of nitrogens with zero attached hydrogens (tertiary/aromatic N) is 2. The van der Waals surface area contributed by atoms with Crippen molar-refractivity contribution in [1.82, 2.24) is 10.2 Å². The van der Waals surface area contributed by atoms with E-state index in [-0.39, 0.29) is 55.8 Å². The normalized spacial score (nSPS) is 12.1. The van der Waals surface area contributed by atoms with Crippen molar-refractivity contribution in [1.29, 1.82) is 0 Å². The molecule has 3 rings (SSSR count). The molecule has 1 N–H and O–H groups in total. The summed E-state index contributed by atoms with van der Waals surface area (Å²) in [6.07, 6.45) is 1.21. The second-order valence-corrected chi connectivity index (χ2v) is 12.7. The summed E-state index contributed by atoms with van der Waals surface area (Å²) in [5.74, 6) is -2.13. The molecule has 0 aliphatic heterocycles.